The summed E-state index contributed by atoms with van der Waals surface area (Å²) in [5, 5.41) is 4.30. The van der Waals surface area contributed by atoms with Crippen LogP contribution >= 0.6 is 0 Å². The van der Waals surface area contributed by atoms with E-state index in [-0.39, 0.29) is 18.1 Å². The first-order valence-corrected chi connectivity index (χ1v) is 6.70. The lowest BCUT2D eigenvalue weighted by Crippen LogP contribution is -2.48. The summed E-state index contributed by atoms with van der Waals surface area (Å²) in [6, 6.07) is 0. The number of carbonyl (C=O) groups excluding carboxylic acids is 1. The van der Waals surface area contributed by atoms with E-state index in [4.69, 9.17) is 10.5 Å². The molecule has 6 heteroatoms. The maximum absolute atomic E-state index is 12.6. The molecule has 0 bridgehead atoms. The maximum atomic E-state index is 12.6. The standard InChI is InChI=1S/C13H22N4O2/c1-5-10-11(14)12(16(4)15-10)13(18)17-6-8(2)19-9(3)7-17/h8-9H,5-7,14H2,1-4H3. The molecule has 0 saturated carbocycles. The molecule has 2 unspecified atom stereocenters. The van der Waals surface area contributed by atoms with Crippen molar-refractivity contribution in [3.8, 4) is 0 Å². The third-order valence-electron chi connectivity index (χ3n) is 3.40. The highest BCUT2D eigenvalue weighted by atomic mass is 16.5. The van der Waals surface area contributed by atoms with Crippen LogP contribution in [0.3, 0.4) is 0 Å². The summed E-state index contributed by atoms with van der Waals surface area (Å²) < 4.78 is 7.23. The van der Waals surface area contributed by atoms with Gasteiger partial charge < -0.3 is 15.4 Å². The third kappa shape index (κ3) is 2.58. The average molecular weight is 266 g/mol. The van der Waals surface area contributed by atoms with E-state index < -0.39 is 0 Å². The van der Waals surface area contributed by atoms with Crippen molar-refractivity contribution in [2.75, 3.05) is 18.8 Å². The van der Waals surface area contributed by atoms with E-state index in [1.807, 2.05) is 20.8 Å². The number of aryl methyl sites for hydroxylation is 2. The van der Waals surface area contributed by atoms with Crippen molar-refractivity contribution in [1.29, 1.82) is 0 Å². The average Bonchev–Trinajstić information content (AvgIpc) is 2.62. The lowest BCUT2D eigenvalue weighted by molar-refractivity contribution is -0.0588. The number of anilines is 1. The molecule has 106 valence electrons. The van der Waals surface area contributed by atoms with Crippen LogP contribution < -0.4 is 5.73 Å². The number of carbonyl (C=O) groups is 1. The summed E-state index contributed by atoms with van der Waals surface area (Å²) in [4.78, 5) is 14.4. The Morgan fingerprint density at radius 1 is 1.42 bits per heavy atom. The first-order chi connectivity index (χ1) is 8.93. The van der Waals surface area contributed by atoms with Gasteiger partial charge in [-0.3, -0.25) is 9.48 Å². The van der Waals surface area contributed by atoms with Gasteiger partial charge in [0.1, 0.15) is 5.69 Å². The maximum Gasteiger partial charge on any atom is 0.274 e. The van der Waals surface area contributed by atoms with Crippen molar-refractivity contribution in [1.82, 2.24) is 14.7 Å². The molecule has 6 nitrogen and oxygen atoms in total. The Morgan fingerprint density at radius 3 is 2.47 bits per heavy atom. The number of ether oxygens (including phenoxy) is 1. The second kappa shape index (κ2) is 5.21. The Kier molecular flexibility index (Phi) is 3.80. The first kappa shape index (κ1) is 13.9. The number of nitrogens with two attached hydrogens (primary N) is 1. The number of morpholine rings is 1. The van der Waals surface area contributed by atoms with E-state index in [1.165, 1.54) is 0 Å². The lowest BCUT2D eigenvalue weighted by Gasteiger charge is -2.35. The van der Waals surface area contributed by atoms with Crippen LogP contribution in [0.4, 0.5) is 5.69 Å². The molecule has 2 rings (SSSR count). The minimum absolute atomic E-state index is 0.0489. The van der Waals surface area contributed by atoms with Crippen LogP contribution in [-0.2, 0) is 18.2 Å². The van der Waals surface area contributed by atoms with Gasteiger partial charge in [0.05, 0.1) is 23.6 Å². The monoisotopic (exact) mass is 266 g/mol. The largest absolute Gasteiger partial charge is 0.395 e. The molecule has 0 aliphatic carbocycles. The molecule has 1 aliphatic heterocycles. The van der Waals surface area contributed by atoms with E-state index in [2.05, 4.69) is 5.10 Å². The van der Waals surface area contributed by atoms with Gasteiger partial charge >= 0.3 is 0 Å². The number of nitrogens with zero attached hydrogens (tertiary/aromatic N) is 3. The fourth-order valence-electron chi connectivity index (χ4n) is 2.60. The molecule has 2 atom stereocenters. The summed E-state index contributed by atoms with van der Waals surface area (Å²) in [5.74, 6) is -0.0609. The summed E-state index contributed by atoms with van der Waals surface area (Å²) in [6.45, 7) is 7.11. The van der Waals surface area contributed by atoms with Crippen LogP contribution in [0.5, 0.6) is 0 Å². The number of nitrogen functional groups attached to an aromatic ring is 1. The molecule has 2 N–H and O–H groups in total. The molecule has 0 spiro atoms. The van der Waals surface area contributed by atoms with Gasteiger partial charge in [0.15, 0.2) is 0 Å². The molecule has 0 aromatic carbocycles. The molecule has 1 saturated heterocycles. The van der Waals surface area contributed by atoms with Crippen LogP contribution in [0.1, 0.15) is 37.0 Å². The highest BCUT2D eigenvalue weighted by Crippen LogP contribution is 2.21. The van der Waals surface area contributed by atoms with E-state index >= 15 is 0 Å². The zero-order valence-corrected chi connectivity index (χ0v) is 12.0. The van der Waals surface area contributed by atoms with Gasteiger partial charge in [0.25, 0.3) is 5.91 Å². The molecular weight excluding hydrogens is 244 g/mol. The Bertz CT molecular complexity index is 473. The molecule has 19 heavy (non-hydrogen) atoms. The van der Waals surface area contributed by atoms with Gasteiger partial charge in [-0.15, -0.1) is 0 Å². The summed E-state index contributed by atoms with van der Waals surface area (Å²) >= 11 is 0. The summed E-state index contributed by atoms with van der Waals surface area (Å²) in [6.07, 6.45) is 0.823. The van der Waals surface area contributed by atoms with E-state index in [1.54, 1.807) is 16.6 Å². The Balaban J connectivity index is 2.26. The number of hydrogen-bond donors (Lipinski definition) is 1. The Hall–Kier alpha value is -1.56. The van der Waals surface area contributed by atoms with Crippen molar-refractivity contribution < 1.29 is 9.53 Å². The Morgan fingerprint density at radius 2 is 2.00 bits per heavy atom. The summed E-state index contributed by atoms with van der Waals surface area (Å²) in [7, 11) is 1.76. The quantitative estimate of drug-likeness (QED) is 0.860. The molecule has 0 radical (unpaired) electrons. The van der Waals surface area contributed by atoms with Gasteiger partial charge in [0, 0.05) is 20.1 Å². The van der Waals surface area contributed by atoms with Crippen LogP contribution in [-0.4, -0.2) is 45.9 Å². The van der Waals surface area contributed by atoms with Crippen molar-refractivity contribution in [2.45, 2.75) is 39.4 Å². The molecule has 1 aliphatic rings. The van der Waals surface area contributed by atoms with Gasteiger partial charge in [-0.2, -0.15) is 5.10 Å². The lowest BCUT2D eigenvalue weighted by atomic mass is 10.2. The van der Waals surface area contributed by atoms with E-state index in [0.29, 0.717) is 24.5 Å². The van der Waals surface area contributed by atoms with E-state index in [9.17, 15) is 4.79 Å². The first-order valence-electron chi connectivity index (χ1n) is 6.70. The van der Waals surface area contributed by atoms with E-state index in [0.717, 1.165) is 12.1 Å². The predicted molar refractivity (Wildman–Crippen MR) is 72.9 cm³/mol. The minimum Gasteiger partial charge on any atom is -0.395 e. The fraction of sp³-hybridized carbons (Fsp3) is 0.692. The third-order valence-corrected chi connectivity index (χ3v) is 3.40. The van der Waals surface area contributed by atoms with Gasteiger partial charge in [-0.05, 0) is 20.3 Å². The second-order valence-electron chi connectivity index (χ2n) is 5.15. The Labute approximate surface area is 113 Å². The number of amides is 1. The number of aromatic nitrogens is 2. The highest BCUT2D eigenvalue weighted by molar-refractivity contribution is 5.98. The second-order valence-corrected chi connectivity index (χ2v) is 5.15. The molecule has 2 heterocycles. The van der Waals surface area contributed by atoms with Crippen molar-refractivity contribution in [3.63, 3.8) is 0 Å². The van der Waals surface area contributed by atoms with Crippen LogP contribution in [0.25, 0.3) is 0 Å². The molecule has 1 fully saturated rings. The molecular formula is C13H22N4O2. The number of rotatable bonds is 2. The zero-order chi connectivity index (χ0) is 14.2. The fourth-order valence-corrected chi connectivity index (χ4v) is 2.60. The predicted octanol–water partition coefficient (Wildman–Crippen LogP) is 0.814. The topological polar surface area (TPSA) is 73.4 Å². The van der Waals surface area contributed by atoms with Crippen molar-refractivity contribution >= 4 is 11.6 Å². The van der Waals surface area contributed by atoms with Gasteiger partial charge in [-0.1, -0.05) is 6.92 Å². The summed E-state index contributed by atoms with van der Waals surface area (Å²) in [5.41, 5.74) is 7.79. The van der Waals surface area contributed by atoms with Gasteiger partial charge in [0.2, 0.25) is 0 Å². The van der Waals surface area contributed by atoms with Crippen LogP contribution in [0.2, 0.25) is 0 Å². The normalized spacial score (nSPS) is 23.7. The molecule has 1 amide bonds. The molecule has 1 aromatic heterocycles. The van der Waals surface area contributed by atoms with Gasteiger partial charge in [-0.25, -0.2) is 0 Å². The van der Waals surface area contributed by atoms with Crippen LogP contribution in [0.15, 0.2) is 0 Å². The SMILES string of the molecule is CCc1nn(C)c(C(=O)N2CC(C)OC(C)C2)c1N. The smallest absolute Gasteiger partial charge is 0.274 e. The van der Waals surface area contributed by atoms with Crippen LogP contribution in [0, 0.1) is 0 Å². The van der Waals surface area contributed by atoms with Crippen molar-refractivity contribution in [2.24, 2.45) is 7.05 Å². The zero-order valence-electron chi connectivity index (χ0n) is 12.0. The van der Waals surface area contributed by atoms with Crippen molar-refractivity contribution in [3.05, 3.63) is 11.4 Å². The number of hydrogen-bond acceptors (Lipinski definition) is 4. The minimum atomic E-state index is -0.0609. The molecule has 1 aromatic rings. The highest BCUT2D eigenvalue weighted by Gasteiger charge is 2.30.